The summed E-state index contributed by atoms with van der Waals surface area (Å²) in [5.74, 6) is 0. The van der Waals surface area contributed by atoms with E-state index in [0.717, 1.165) is 0 Å². The summed E-state index contributed by atoms with van der Waals surface area (Å²) in [6.07, 6.45) is 0.479. The molecule has 0 unspecified atom stereocenters. The lowest BCUT2D eigenvalue weighted by Crippen LogP contribution is -2.45. The molecule has 6 nitrogen and oxygen atoms in total. The van der Waals surface area contributed by atoms with Crippen LogP contribution in [0, 0.1) is 10.1 Å². The zero-order chi connectivity index (χ0) is 13.8. The second-order valence-corrected chi connectivity index (χ2v) is 4.40. The van der Waals surface area contributed by atoms with Gasteiger partial charge in [0.05, 0.1) is 34.4 Å². The van der Waals surface area contributed by atoms with Crippen LogP contribution in [0.5, 0.6) is 0 Å². The number of anilines is 1. The Morgan fingerprint density at radius 3 is 2.44 bits per heavy atom. The number of non-ortho nitro benzene ring substituents is 1. The molecule has 0 spiro atoms. The molecule has 18 heavy (non-hydrogen) atoms. The van der Waals surface area contributed by atoms with Crippen LogP contribution in [0.1, 0.15) is 13.3 Å². The van der Waals surface area contributed by atoms with Gasteiger partial charge in [0.25, 0.3) is 5.69 Å². The van der Waals surface area contributed by atoms with Crippen molar-refractivity contribution in [3.8, 4) is 0 Å². The summed E-state index contributed by atoms with van der Waals surface area (Å²) in [5, 5.41) is 32.3. The van der Waals surface area contributed by atoms with Crippen LogP contribution in [0.4, 0.5) is 11.4 Å². The lowest BCUT2D eigenvalue weighted by Gasteiger charge is -2.31. The Balaban J connectivity index is 3.01. The van der Waals surface area contributed by atoms with E-state index >= 15 is 0 Å². The van der Waals surface area contributed by atoms with Gasteiger partial charge >= 0.3 is 0 Å². The molecule has 0 aliphatic rings. The first-order chi connectivity index (χ1) is 8.48. The molecular formula is C11H15ClN2O4. The van der Waals surface area contributed by atoms with Crippen molar-refractivity contribution in [2.45, 2.75) is 18.9 Å². The number of rotatable bonds is 6. The van der Waals surface area contributed by atoms with E-state index in [1.165, 1.54) is 18.2 Å². The highest BCUT2D eigenvalue weighted by molar-refractivity contribution is 6.33. The van der Waals surface area contributed by atoms with Gasteiger partial charge in [0, 0.05) is 12.1 Å². The van der Waals surface area contributed by atoms with Gasteiger partial charge in [0.2, 0.25) is 0 Å². The number of nitro benzene ring substituents is 1. The number of halogens is 1. The zero-order valence-electron chi connectivity index (χ0n) is 9.89. The summed E-state index contributed by atoms with van der Waals surface area (Å²) < 4.78 is 0. The lowest BCUT2D eigenvalue weighted by atomic mass is 9.98. The van der Waals surface area contributed by atoms with Crippen molar-refractivity contribution >= 4 is 23.0 Å². The fourth-order valence-electron chi connectivity index (χ4n) is 1.45. The first-order valence-corrected chi connectivity index (χ1v) is 5.79. The van der Waals surface area contributed by atoms with Crippen molar-refractivity contribution in [1.82, 2.24) is 0 Å². The topological polar surface area (TPSA) is 95.6 Å². The summed E-state index contributed by atoms with van der Waals surface area (Å²) in [6.45, 7) is 1.26. The van der Waals surface area contributed by atoms with Gasteiger partial charge in [-0.2, -0.15) is 0 Å². The van der Waals surface area contributed by atoms with Crippen molar-refractivity contribution in [1.29, 1.82) is 0 Å². The van der Waals surface area contributed by atoms with Crippen LogP contribution in [0.2, 0.25) is 5.02 Å². The van der Waals surface area contributed by atoms with Gasteiger partial charge in [-0.05, 0) is 12.5 Å². The molecular weight excluding hydrogens is 260 g/mol. The van der Waals surface area contributed by atoms with E-state index in [9.17, 15) is 20.3 Å². The van der Waals surface area contributed by atoms with Gasteiger partial charge in [-0.15, -0.1) is 0 Å². The minimum absolute atomic E-state index is 0.111. The van der Waals surface area contributed by atoms with E-state index < -0.39 is 10.5 Å². The highest BCUT2D eigenvalue weighted by atomic mass is 35.5. The van der Waals surface area contributed by atoms with Crippen LogP contribution in [0.15, 0.2) is 18.2 Å². The van der Waals surface area contributed by atoms with Gasteiger partial charge in [-0.25, -0.2) is 0 Å². The Labute approximate surface area is 109 Å². The quantitative estimate of drug-likeness (QED) is 0.543. The zero-order valence-corrected chi connectivity index (χ0v) is 10.6. The molecule has 0 bridgehead atoms. The number of aliphatic hydroxyl groups is 2. The number of hydrogen-bond donors (Lipinski definition) is 3. The minimum atomic E-state index is -0.889. The standard InChI is InChI=1S/C11H15ClN2O4/c1-2-11(6-15,7-16)13-10-4-3-8(14(17)18)5-9(10)12/h3-5,13,15-16H,2,6-7H2,1H3. The summed E-state index contributed by atoms with van der Waals surface area (Å²) in [5.41, 5.74) is -0.562. The van der Waals surface area contributed by atoms with Crippen LogP contribution < -0.4 is 5.32 Å². The van der Waals surface area contributed by atoms with Gasteiger partial charge in [-0.1, -0.05) is 18.5 Å². The highest BCUT2D eigenvalue weighted by Crippen LogP contribution is 2.29. The number of aliphatic hydroxyl groups excluding tert-OH is 2. The molecule has 0 radical (unpaired) electrons. The van der Waals surface area contributed by atoms with Crippen molar-refractivity contribution in [2.24, 2.45) is 0 Å². The second kappa shape index (κ2) is 5.99. The molecule has 1 aromatic rings. The number of nitro groups is 1. The predicted molar refractivity (Wildman–Crippen MR) is 68.9 cm³/mol. The van der Waals surface area contributed by atoms with E-state index in [2.05, 4.69) is 5.32 Å². The van der Waals surface area contributed by atoms with E-state index in [-0.39, 0.29) is 23.9 Å². The summed E-state index contributed by atoms with van der Waals surface area (Å²) in [7, 11) is 0. The van der Waals surface area contributed by atoms with Gasteiger partial charge < -0.3 is 15.5 Å². The number of benzene rings is 1. The molecule has 7 heteroatoms. The maximum Gasteiger partial charge on any atom is 0.271 e. The third-order valence-electron chi connectivity index (χ3n) is 2.85. The lowest BCUT2D eigenvalue weighted by molar-refractivity contribution is -0.384. The molecule has 0 aliphatic heterocycles. The van der Waals surface area contributed by atoms with Crippen LogP contribution >= 0.6 is 11.6 Å². The molecule has 0 fully saturated rings. The number of hydrogen-bond acceptors (Lipinski definition) is 5. The smallest absolute Gasteiger partial charge is 0.271 e. The molecule has 100 valence electrons. The second-order valence-electron chi connectivity index (χ2n) is 4.00. The fourth-order valence-corrected chi connectivity index (χ4v) is 1.67. The van der Waals surface area contributed by atoms with Gasteiger partial charge in [-0.3, -0.25) is 10.1 Å². The van der Waals surface area contributed by atoms with Crippen LogP contribution in [-0.2, 0) is 0 Å². The van der Waals surface area contributed by atoms with Crippen molar-refractivity contribution in [2.75, 3.05) is 18.5 Å². The molecule has 0 heterocycles. The molecule has 1 rings (SSSR count). The molecule has 0 aliphatic carbocycles. The Morgan fingerprint density at radius 1 is 1.44 bits per heavy atom. The average Bonchev–Trinajstić information content (AvgIpc) is 2.38. The van der Waals surface area contributed by atoms with E-state index in [1.54, 1.807) is 6.92 Å². The minimum Gasteiger partial charge on any atom is -0.394 e. The van der Waals surface area contributed by atoms with Crippen LogP contribution in [-0.4, -0.2) is 33.9 Å². The third-order valence-corrected chi connectivity index (χ3v) is 3.16. The number of nitrogens with zero attached hydrogens (tertiary/aromatic N) is 1. The Kier molecular flexibility index (Phi) is 4.89. The third kappa shape index (κ3) is 3.10. The summed E-state index contributed by atoms with van der Waals surface area (Å²) in [4.78, 5) is 10.0. The van der Waals surface area contributed by atoms with Crippen molar-refractivity contribution < 1.29 is 15.1 Å². The van der Waals surface area contributed by atoms with Gasteiger partial charge in [0.1, 0.15) is 0 Å². The molecule has 0 amide bonds. The summed E-state index contributed by atoms with van der Waals surface area (Å²) in [6, 6.07) is 3.98. The van der Waals surface area contributed by atoms with Crippen molar-refractivity contribution in [3.63, 3.8) is 0 Å². The van der Waals surface area contributed by atoms with Crippen LogP contribution in [0.3, 0.4) is 0 Å². The molecule has 0 atom stereocenters. The van der Waals surface area contributed by atoms with Crippen LogP contribution in [0.25, 0.3) is 0 Å². The fraction of sp³-hybridized carbons (Fsp3) is 0.455. The summed E-state index contributed by atoms with van der Waals surface area (Å²) >= 11 is 5.92. The molecule has 0 aromatic heterocycles. The Bertz CT molecular complexity index is 427. The molecule has 0 saturated carbocycles. The average molecular weight is 275 g/mol. The SMILES string of the molecule is CCC(CO)(CO)Nc1ccc([N+](=O)[O-])cc1Cl. The largest absolute Gasteiger partial charge is 0.394 e. The van der Waals surface area contributed by atoms with E-state index in [4.69, 9.17) is 11.6 Å². The van der Waals surface area contributed by atoms with E-state index in [1.807, 2.05) is 0 Å². The number of nitrogens with one attached hydrogen (secondary N) is 1. The molecule has 0 saturated heterocycles. The first-order valence-electron chi connectivity index (χ1n) is 5.42. The molecule has 1 aromatic carbocycles. The van der Waals surface area contributed by atoms with Gasteiger partial charge in [0.15, 0.2) is 0 Å². The monoisotopic (exact) mass is 274 g/mol. The van der Waals surface area contributed by atoms with Crippen molar-refractivity contribution in [3.05, 3.63) is 33.3 Å². The molecule has 3 N–H and O–H groups in total. The maximum atomic E-state index is 10.6. The van der Waals surface area contributed by atoms with E-state index in [0.29, 0.717) is 12.1 Å². The maximum absolute atomic E-state index is 10.6. The normalized spacial score (nSPS) is 11.3. The predicted octanol–water partition coefficient (Wildman–Crippen LogP) is 1.79. The highest BCUT2D eigenvalue weighted by Gasteiger charge is 2.27. The Hall–Kier alpha value is -1.37. The Morgan fingerprint density at radius 2 is 2.06 bits per heavy atom. The first kappa shape index (κ1) is 14.7.